The summed E-state index contributed by atoms with van der Waals surface area (Å²) in [4.78, 5) is 11.9. The van der Waals surface area contributed by atoms with Crippen molar-refractivity contribution in [2.24, 2.45) is 0 Å². The Morgan fingerprint density at radius 3 is 2.92 bits per heavy atom. The molecule has 1 fully saturated rings. The van der Waals surface area contributed by atoms with Gasteiger partial charge in [-0.1, -0.05) is 0 Å². The van der Waals surface area contributed by atoms with E-state index < -0.39 is 0 Å². The third-order valence-electron chi connectivity index (χ3n) is 2.12. The molecule has 0 radical (unpaired) electrons. The maximum absolute atomic E-state index is 11.2. The van der Waals surface area contributed by atoms with Crippen LogP contribution in [0.2, 0.25) is 0 Å². The molecule has 0 amide bonds. The van der Waals surface area contributed by atoms with Gasteiger partial charge in [-0.2, -0.15) is 0 Å². The minimum absolute atomic E-state index is 0.238. The van der Waals surface area contributed by atoms with Gasteiger partial charge in [0.25, 0.3) is 0 Å². The first-order chi connectivity index (χ1) is 6.22. The SMILES string of the molecule is COC(=O)c1cc(C2CC2)c(Br)s1. The summed E-state index contributed by atoms with van der Waals surface area (Å²) in [7, 11) is 1.41. The van der Waals surface area contributed by atoms with E-state index in [2.05, 4.69) is 20.7 Å². The van der Waals surface area contributed by atoms with Crippen LogP contribution in [0.1, 0.15) is 34.0 Å². The van der Waals surface area contributed by atoms with Crippen molar-refractivity contribution >= 4 is 33.2 Å². The molecule has 0 aliphatic heterocycles. The van der Waals surface area contributed by atoms with E-state index in [-0.39, 0.29) is 5.97 Å². The lowest BCUT2D eigenvalue weighted by Crippen LogP contribution is -1.96. The second kappa shape index (κ2) is 3.42. The average Bonchev–Trinajstić information content (AvgIpc) is 2.89. The number of carbonyl (C=O) groups is 1. The fourth-order valence-electron chi connectivity index (χ4n) is 1.26. The first kappa shape index (κ1) is 9.21. The number of rotatable bonds is 2. The number of halogens is 1. The Balaban J connectivity index is 2.28. The zero-order valence-corrected chi connectivity index (χ0v) is 9.57. The van der Waals surface area contributed by atoms with Crippen molar-refractivity contribution in [1.29, 1.82) is 0 Å². The lowest BCUT2D eigenvalue weighted by atomic mass is 10.2. The monoisotopic (exact) mass is 260 g/mol. The van der Waals surface area contributed by atoms with Gasteiger partial charge in [-0.05, 0) is 46.3 Å². The maximum Gasteiger partial charge on any atom is 0.348 e. The topological polar surface area (TPSA) is 26.3 Å². The van der Waals surface area contributed by atoms with Crippen LogP contribution in [-0.4, -0.2) is 13.1 Å². The van der Waals surface area contributed by atoms with Crippen molar-refractivity contribution in [3.05, 3.63) is 20.3 Å². The van der Waals surface area contributed by atoms with Gasteiger partial charge in [-0.15, -0.1) is 11.3 Å². The molecule has 1 aliphatic rings. The fourth-order valence-corrected chi connectivity index (χ4v) is 3.11. The number of ether oxygens (including phenoxy) is 1. The smallest absolute Gasteiger partial charge is 0.348 e. The molecule has 1 aromatic heterocycles. The molecule has 2 nitrogen and oxygen atoms in total. The van der Waals surface area contributed by atoms with Gasteiger partial charge in [0.15, 0.2) is 0 Å². The van der Waals surface area contributed by atoms with Gasteiger partial charge in [0.1, 0.15) is 4.88 Å². The molecule has 0 bridgehead atoms. The Morgan fingerprint density at radius 2 is 2.38 bits per heavy atom. The number of hydrogen-bond acceptors (Lipinski definition) is 3. The normalized spacial score (nSPS) is 15.8. The number of carbonyl (C=O) groups excluding carboxylic acids is 1. The molecular formula is C9H9BrO2S. The Labute approximate surface area is 89.0 Å². The van der Waals surface area contributed by atoms with Crippen LogP contribution in [0.15, 0.2) is 9.85 Å². The predicted molar refractivity (Wildman–Crippen MR) is 55.3 cm³/mol. The van der Waals surface area contributed by atoms with Gasteiger partial charge >= 0.3 is 5.97 Å². The fraction of sp³-hybridized carbons (Fsp3) is 0.444. The first-order valence-corrected chi connectivity index (χ1v) is 5.71. The third kappa shape index (κ3) is 1.79. The summed E-state index contributed by atoms with van der Waals surface area (Å²) in [6.45, 7) is 0. The molecule has 1 aromatic rings. The predicted octanol–water partition coefficient (Wildman–Crippen LogP) is 3.17. The lowest BCUT2D eigenvalue weighted by molar-refractivity contribution is 0.0606. The molecule has 1 aliphatic carbocycles. The zero-order chi connectivity index (χ0) is 9.42. The van der Waals surface area contributed by atoms with Crippen molar-refractivity contribution in [2.75, 3.05) is 7.11 Å². The molecule has 0 aromatic carbocycles. The van der Waals surface area contributed by atoms with E-state index >= 15 is 0 Å². The number of thiophene rings is 1. The van der Waals surface area contributed by atoms with Crippen LogP contribution in [0.3, 0.4) is 0 Å². The maximum atomic E-state index is 11.2. The summed E-state index contributed by atoms with van der Waals surface area (Å²) < 4.78 is 5.73. The Bertz CT molecular complexity index is 341. The molecule has 0 spiro atoms. The number of esters is 1. The van der Waals surface area contributed by atoms with Gasteiger partial charge in [-0.3, -0.25) is 0 Å². The van der Waals surface area contributed by atoms with Crippen molar-refractivity contribution in [2.45, 2.75) is 18.8 Å². The van der Waals surface area contributed by atoms with E-state index in [0.29, 0.717) is 10.8 Å². The average molecular weight is 261 g/mol. The Morgan fingerprint density at radius 1 is 1.69 bits per heavy atom. The van der Waals surface area contributed by atoms with Gasteiger partial charge in [0.2, 0.25) is 0 Å². The molecule has 0 atom stereocenters. The highest BCUT2D eigenvalue weighted by Gasteiger charge is 2.28. The van der Waals surface area contributed by atoms with Crippen LogP contribution in [0.25, 0.3) is 0 Å². The highest BCUT2D eigenvalue weighted by Crippen LogP contribution is 2.46. The van der Waals surface area contributed by atoms with E-state index in [4.69, 9.17) is 0 Å². The largest absolute Gasteiger partial charge is 0.465 e. The minimum atomic E-state index is -0.238. The molecular weight excluding hydrogens is 252 g/mol. The highest BCUT2D eigenvalue weighted by molar-refractivity contribution is 9.11. The van der Waals surface area contributed by atoms with Gasteiger partial charge < -0.3 is 4.74 Å². The summed E-state index contributed by atoms with van der Waals surface area (Å²) in [5, 5.41) is 0. The lowest BCUT2D eigenvalue weighted by Gasteiger charge is -1.91. The van der Waals surface area contributed by atoms with E-state index in [9.17, 15) is 4.79 Å². The van der Waals surface area contributed by atoms with Gasteiger partial charge in [0.05, 0.1) is 10.9 Å². The van der Waals surface area contributed by atoms with Crippen molar-refractivity contribution in [3.63, 3.8) is 0 Å². The van der Waals surface area contributed by atoms with E-state index in [0.717, 1.165) is 3.79 Å². The third-order valence-corrected chi connectivity index (χ3v) is 3.98. The molecule has 0 unspecified atom stereocenters. The molecule has 0 N–H and O–H groups in total. The van der Waals surface area contributed by atoms with E-state index in [1.807, 2.05) is 6.07 Å². The summed E-state index contributed by atoms with van der Waals surface area (Å²) >= 11 is 4.92. The first-order valence-electron chi connectivity index (χ1n) is 4.10. The molecule has 4 heteroatoms. The van der Waals surface area contributed by atoms with Crippen LogP contribution >= 0.6 is 27.3 Å². The Hall–Kier alpha value is -0.350. The van der Waals surface area contributed by atoms with Crippen molar-refractivity contribution in [1.82, 2.24) is 0 Å². The molecule has 1 saturated carbocycles. The van der Waals surface area contributed by atoms with E-state index in [1.165, 1.54) is 36.9 Å². The van der Waals surface area contributed by atoms with Crippen molar-refractivity contribution in [3.8, 4) is 0 Å². The molecule has 0 saturated heterocycles. The van der Waals surface area contributed by atoms with Crippen LogP contribution in [0.4, 0.5) is 0 Å². The highest BCUT2D eigenvalue weighted by atomic mass is 79.9. The van der Waals surface area contributed by atoms with Crippen LogP contribution in [0.5, 0.6) is 0 Å². The summed E-state index contributed by atoms with van der Waals surface area (Å²) in [6, 6.07) is 1.94. The van der Waals surface area contributed by atoms with E-state index in [1.54, 1.807) is 0 Å². The molecule has 70 valence electrons. The van der Waals surface area contributed by atoms with Gasteiger partial charge in [0, 0.05) is 0 Å². The zero-order valence-electron chi connectivity index (χ0n) is 7.17. The Kier molecular flexibility index (Phi) is 2.43. The standard InChI is InChI=1S/C9H9BrO2S/c1-12-9(11)7-4-6(5-2-3-5)8(10)13-7/h4-5H,2-3H2,1H3. The van der Waals surface area contributed by atoms with Crippen molar-refractivity contribution < 1.29 is 9.53 Å². The van der Waals surface area contributed by atoms with Crippen LogP contribution < -0.4 is 0 Å². The number of methoxy groups -OCH3 is 1. The van der Waals surface area contributed by atoms with Crippen LogP contribution in [-0.2, 0) is 4.74 Å². The number of hydrogen-bond donors (Lipinski definition) is 0. The molecule has 13 heavy (non-hydrogen) atoms. The minimum Gasteiger partial charge on any atom is -0.465 e. The summed E-state index contributed by atoms with van der Waals surface area (Å²) in [5.74, 6) is 0.432. The second-order valence-corrected chi connectivity index (χ2v) is 5.48. The summed E-state index contributed by atoms with van der Waals surface area (Å²) in [6.07, 6.45) is 2.49. The van der Waals surface area contributed by atoms with Gasteiger partial charge in [-0.25, -0.2) is 4.79 Å². The quantitative estimate of drug-likeness (QED) is 0.764. The van der Waals surface area contributed by atoms with Crippen LogP contribution in [0, 0.1) is 0 Å². The second-order valence-electron chi connectivity index (χ2n) is 3.11. The molecule has 1 heterocycles. The summed E-state index contributed by atoms with van der Waals surface area (Å²) in [5.41, 5.74) is 1.27. The molecule has 2 rings (SSSR count).